The van der Waals surface area contributed by atoms with Gasteiger partial charge in [-0.2, -0.15) is 13.2 Å². The molecule has 2 aromatic heterocycles. The fourth-order valence-electron chi connectivity index (χ4n) is 2.68. The molecule has 0 aliphatic heterocycles. The predicted molar refractivity (Wildman–Crippen MR) is 101 cm³/mol. The minimum Gasteiger partial charge on any atom is -0.321 e. The van der Waals surface area contributed by atoms with E-state index in [2.05, 4.69) is 10.3 Å². The van der Waals surface area contributed by atoms with E-state index in [1.165, 1.54) is 11.8 Å². The number of hydrogen-bond acceptors (Lipinski definition) is 3. The van der Waals surface area contributed by atoms with Crippen LogP contribution in [-0.4, -0.2) is 21.5 Å². The van der Waals surface area contributed by atoms with Gasteiger partial charge in [-0.05, 0) is 36.9 Å². The first-order valence-electron chi connectivity index (χ1n) is 7.97. The first-order chi connectivity index (χ1) is 12.7. The van der Waals surface area contributed by atoms with Crippen molar-refractivity contribution in [1.29, 1.82) is 0 Å². The standard InChI is InChI=1S/C18H15ClF3N3OS/c1-3-14-15(17(26)23-11-5-4-6-12(8-11)27-2)25-9-10(18(20,21)22)7-13(19)16(25)24-14/h4-9H,3H2,1-2H3,(H,23,26). The molecule has 3 aromatic rings. The van der Waals surface area contributed by atoms with Crippen LogP contribution in [0.3, 0.4) is 0 Å². The maximum absolute atomic E-state index is 13.2. The average Bonchev–Trinajstić information content (AvgIpc) is 3.00. The summed E-state index contributed by atoms with van der Waals surface area (Å²) in [5.41, 5.74) is 0.120. The molecule has 0 atom stereocenters. The molecule has 0 saturated carbocycles. The highest BCUT2D eigenvalue weighted by atomic mass is 35.5. The van der Waals surface area contributed by atoms with Gasteiger partial charge in [-0.3, -0.25) is 9.20 Å². The molecule has 2 heterocycles. The maximum atomic E-state index is 13.2. The maximum Gasteiger partial charge on any atom is 0.417 e. The summed E-state index contributed by atoms with van der Waals surface area (Å²) in [5.74, 6) is -0.548. The van der Waals surface area contributed by atoms with Gasteiger partial charge in [0.05, 0.1) is 16.3 Å². The van der Waals surface area contributed by atoms with E-state index in [1.54, 1.807) is 25.1 Å². The molecule has 0 bridgehead atoms. The van der Waals surface area contributed by atoms with Gasteiger partial charge in [0.25, 0.3) is 5.91 Å². The Hall–Kier alpha value is -2.19. The van der Waals surface area contributed by atoms with Crippen LogP contribution >= 0.6 is 23.4 Å². The van der Waals surface area contributed by atoms with Crippen molar-refractivity contribution >= 4 is 40.6 Å². The highest BCUT2D eigenvalue weighted by Crippen LogP contribution is 2.33. The van der Waals surface area contributed by atoms with Gasteiger partial charge in [-0.1, -0.05) is 24.6 Å². The lowest BCUT2D eigenvalue weighted by Gasteiger charge is -2.11. The molecule has 1 N–H and O–H groups in total. The van der Waals surface area contributed by atoms with Crippen molar-refractivity contribution in [2.75, 3.05) is 11.6 Å². The van der Waals surface area contributed by atoms with E-state index in [-0.39, 0.29) is 16.4 Å². The molecule has 0 unspecified atom stereocenters. The van der Waals surface area contributed by atoms with Crippen molar-refractivity contribution in [2.45, 2.75) is 24.4 Å². The van der Waals surface area contributed by atoms with Crippen LogP contribution in [0.15, 0.2) is 41.4 Å². The van der Waals surface area contributed by atoms with Gasteiger partial charge < -0.3 is 5.32 Å². The molecule has 27 heavy (non-hydrogen) atoms. The Morgan fingerprint density at radius 2 is 2.07 bits per heavy atom. The Kier molecular flexibility index (Phi) is 5.39. The highest BCUT2D eigenvalue weighted by molar-refractivity contribution is 7.98. The number of carbonyl (C=O) groups excluding carboxylic acids is 1. The topological polar surface area (TPSA) is 46.4 Å². The van der Waals surface area contributed by atoms with E-state index in [4.69, 9.17) is 11.6 Å². The molecule has 1 amide bonds. The van der Waals surface area contributed by atoms with Gasteiger partial charge in [0.2, 0.25) is 0 Å². The van der Waals surface area contributed by atoms with E-state index in [1.807, 2.05) is 12.3 Å². The third kappa shape index (κ3) is 3.91. The van der Waals surface area contributed by atoms with Gasteiger partial charge in [-0.25, -0.2) is 4.98 Å². The number of aromatic nitrogens is 2. The second-order valence-corrected chi connectivity index (χ2v) is 7.00. The van der Waals surface area contributed by atoms with Gasteiger partial charge in [-0.15, -0.1) is 11.8 Å². The largest absolute Gasteiger partial charge is 0.417 e. The van der Waals surface area contributed by atoms with E-state index in [0.29, 0.717) is 17.8 Å². The van der Waals surface area contributed by atoms with Crippen molar-refractivity contribution in [1.82, 2.24) is 9.38 Å². The zero-order valence-corrected chi connectivity index (χ0v) is 16.0. The SMILES string of the molecule is CCc1nc2c(Cl)cc(C(F)(F)F)cn2c1C(=O)Nc1cccc(SC)c1. The van der Waals surface area contributed by atoms with Crippen molar-refractivity contribution in [3.63, 3.8) is 0 Å². The number of carbonyl (C=O) groups is 1. The normalized spacial score (nSPS) is 11.8. The van der Waals surface area contributed by atoms with Crippen molar-refractivity contribution in [2.24, 2.45) is 0 Å². The van der Waals surface area contributed by atoms with Crippen LogP contribution in [0, 0.1) is 0 Å². The Morgan fingerprint density at radius 1 is 1.33 bits per heavy atom. The number of benzene rings is 1. The van der Waals surface area contributed by atoms with E-state index in [9.17, 15) is 18.0 Å². The lowest BCUT2D eigenvalue weighted by Crippen LogP contribution is -2.17. The van der Waals surface area contributed by atoms with Gasteiger partial charge in [0.15, 0.2) is 5.65 Å². The third-order valence-corrected chi connectivity index (χ3v) is 4.96. The minimum atomic E-state index is -4.59. The molecule has 0 saturated heterocycles. The average molecular weight is 414 g/mol. The summed E-state index contributed by atoms with van der Waals surface area (Å²) in [4.78, 5) is 18.0. The van der Waals surface area contributed by atoms with E-state index >= 15 is 0 Å². The van der Waals surface area contributed by atoms with E-state index < -0.39 is 17.6 Å². The Bertz CT molecular complexity index is 1020. The molecule has 3 rings (SSSR count). The first-order valence-corrected chi connectivity index (χ1v) is 9.58. The first kappa shape index (κ1) is 19.6. The molecule has 0 fully saturated rings. The Balaban J connectivity index is 2.11. The van der Waals surface area contributed by atoms with Gasteiger partial charge >= 0.3 is 6.18 Å². The highest BCUT2D eigenvalue weighted by Gasteiger charge is 2.33. The molecule has 4 nitrogen and oxygen atoms in total. The molecule has 9 heteroatoms. The lowest BCUT2D eigenvalue weighted by atomic mass is 10.2. The molecule has 1 aromatic carbocycles. The zero-order chi connectivity index (χ0) is 19.8. The summed E-state index contributed by atoms with van der Waals surface area (Å²) in [6.45, 7) is 1.77. The van der Waals surface area contributed by atoms with Crippen LogP contribution in [0.4, 0.5) is 18.9 Å². The number of thioether (sulfide) groups is 1. The fraction of sp³-hybridized carbons (Fsp3) is 0.222. The minimum absolute atomic E-state index is 0.0371. The number of imidazole rings is 1. The quantitative estimate of drug-likeness (QED) is 0.571. The molecule has 0 spiro atoms. The molecular weight excluding hydrogens is 399 g/mol. The summed E-state index contributed by atoms with van der Waals surface area (Å²) >= 11 is 7.51. The number of aryl methyl sites for hydroxylation is 1. The number of nitrogens with zero attached hydrogens (tertiary/aromatic N) is 2. The third-order valence-electron chi connectivity index (χ3n) is 3.95. The summed E-state index contributed by atoms with van der Waals surface area (Å²) in [6.07, 6.45) is -1.47. The Labute approximate surface area is 162 Å². The van der Waals surface area contributed by atoms with Gasteiger partial charge in [0.1, 0.15) is 5.69 Å². The van der Waals surface area contributed by atoms with Gasteiger partial charge in [0, 0.05) is 16.8 Å². The summed E-state index contributed by atoms with van der Waals surface area (Å²) in [6, 6.07) is 7.98. The number of fused-ring (bicyclic) bond motifs is 1. The van der Waals surface area contributed by atoms with Crippen LogP contribution in [-0.2, 0) is 12.6 Å². The number of amides is 1. The van der Waals surface area contributed by atoms with Crippen LogP contribution in [0.2, 0.25) is 5.02 Å². The van der Waals surface area contributed by atoms with E-state index in [0.717, 1.165) is 21.6 Å². The van der Waals surface area contributed by atoms with Crippen molar-refractivity contribution in [3.05, 3.63) is 58.5 Å². The number of nitrogens with one attached hydrogen (secondary N) is 1. The van der Waals surface area contributed by atoms with Crippen LogP contribution in [0.1, 0.15) is 28.7 Å². The summed E-state index contributed by atoms with van der Waals surface area (Å²) < 4.78 is 40.6. The summed E-state index contributed by atoms with van der Waals surface area (Å²) in [7, 11) is 0. The second-order valence-electron chi connectivity index (χ2n) is 5.71. The number of hydrogen-bond donors (Lipinski definition) is 1. The molecule has 142 valence electrons. The molecule has 0 radical (unpaired) electrons. The van der Waals surface area contributed by atoms with Crippen molar-refractivity contribution in [3.8, 4) is 0 Å². The number of alkyl halides is 3. The predicted octanol–water partition coefficient (Wildman–Crippen LogP) is 5.54. The number of pyridine rings is 1. The Morgan fingerprint density at radius 3 is 2.70 bits per heavy atom. The second kappa shape index (κ2) is 7.44. The smallest absolute Gasteiger partial charge is 0.321 e. The van der Waals surface area contributed by atoms with Crippen LogP contribution < -0.4 is 5.32 Å². The summed E-state index contributed by atoms with van der Waals surface area (Å²) in [5, 5.41) is 2.56. The van der Waals surface area contributed by atoms with Crippen LogP contribution in [0.25, 0.3) is 5.65 Å². The number of rotatable bonds is 4. The molecular formula is C18H15ClF3N3OS. The van der Waals surface area contributed by atoms with Crippen molar-refractivity contribution < 1.29 is 18.0 Å². The number of anilines is 1. The molecule has 0 aliphatic carbocycles. The fourth-order valence-corrected chi connectivity index (χ4v) is 3.39. The zero-order valence-electron chi connectivity index (χ0n) is 14.4. The monoisotopic (exact) mass is 413 g/mol. The lowest BCUT2D eigenvalue weighted by molar-refractivity contribution is -0.137. The molecule has 0 aliphatic rings. The number of halogens is 4. The van der Waals surface area contributed by atoms with Crippen LogP contribution in [0.5, 0.6) is 0 Å².